The molecule has 4 aromatic carbocycles. The molecule has 32 heavy (non-hydrogen) atoms. The fraction of sp³-hybridized carbons (Fsp3) is 0.133. The number of ether oxygens (including phenoxy) is 1. The first-order valence-corrected chi connectivity index (χ1v) is 11.1. The van der Waals surface area contributed by atoms with Gasteiger partial charge in [0.1, 0.15) is 5.75 Å². The number of benzene rings is 4. The minimum Gasteiger partial charge on any atom is -0.497 e. The Morgan fingerprint density at radius 1 is 0.750 bits per heavy atom. The minimum absolute atomic E-state index is 0.854. The van der Waals surface area contributed by atoms with E-state index in [0.29, 0.717) is 0 Å². The third-order valence-corrected chi connectivity index (χ3v) is 6.28. The molecule has 0 aliphatic rings. The van der Waals surface area contributed by atoms with E-state index in [1.54, 1.807) is 7.11 Å². The molecule has 1 heterocycles. The minimum atomic E-state index is 0.854. The van der Waals surface area contributed by atoms with E-state index < -0.39 is 0 Å². The molecule has 0 fully saturated rings. The van der Waals surface area contributed by atoms with Crippen LogP contribution < -0.4 is 4.74 Å². The van der Waals surface area contributed by atoms with Gasteiger partial charge < -0.3 is 9.30 Å². The first kappa shape index (κ1) is 20.1. The Balaban J connectivity index is 1.57. The summed E-state index contributed by atoms with van der Waals surface area (Å²) >= 11 is 0. The zero-order valence-electron chi connectivity index (χ0n) is 18.6. The summed E-state index contributed by atoms with van der Waals surface area (Å²) in [4.78, 5) is 0. The smallest absolute Gasteiger partial charge is 0.119 e. The van der Waals surface area contributed by atoms with E-state index in [9.17, 15) is 0 Å². The first-order chi connectivity index (χ1) is 15.7. The molecule has 158 valence electrons. The lowest BCUT2D eigenvalue weighted by atomic mass is 9.93. The quantitative estimate of drug-likeness (QED) is 0.283. The van der Waals surface area contributed by atoms with E-state index in [0.717, 1.165) is 18.7 Å². The number of aromatic nitrogens is 1. The van der Waals surface area contributed by atoms with Gasteiger partial charge in [-0.1, -0.05) is 78.9 Å². The number of rotatable bonds is 6. The van der Waals surface area contributed by atoms with E-state index in [1.165, 1.54) is 44.3 Å². The van der Waals surface area contributed by atoms with Crippen molar-refractivity contribution in [1.82, 2.24) is 4.57 Å². The van der Waals surface area contributed by atoms with Crippen LogP contribution in [0.2, 0.25) is 0 Å². The molecule has 2 nitrogen and oxygen atoms in total. The van der Waals surface area contributed by atoms with Gasteiger partial charge in [0, 0.05) is 23.6 Å². The Morgan fingerprint density at radius 2 is 1.50 bits per heavy atom. The fourth-order valence-corrected chi connectivity index (χ4v) is 4.54. The SMILES string of the molecule is COc1ccc2c(c1)c(Cc1cccc(-c3ccccc3)c1C)cn2Cc1ccccc1. The Labute approximate surface area is 189 Å². The summed E-state index contributed by atoms with van der Waals surface area (Å²) in [6.45, 7) is 3.09. The number of methoxy groups -OCH3 is 1. The van der Waals surface area contributed by atoms with Crippen LogP contribution in [-0.4, -0.2) is 11.7 Å². The van der Waals surface area contributed by atoms with Crippen LogP contribution in [-0.2, 0) is 13.0 Å². The average Bonchev–Trinajstić information content (AvgIpc) is 3.17. The zero-order valence-corrected chi connectivity index (χ0v) is 18.6. The Kier molecular flexibility index (Phi) is 5.51. The van der Waals surface area contributed by atoms with E-state index in [1.807, 2.05) is 0 Å². The van der Waals surface area contributed by atoms with Gasteiger partial charge in [0.2, 0.25) is 0 Å². The fourth-order valence-electron chi connectivity index (χ4n) is 4.54. The van der Waals surface area contributed by atoms with Crippen molar-refractivity contribution in [1.29, 1.82) is 0 Å². The third kappa shape index (κ3) is 3.92. The van der Waals surface area contributed by atoms with Gasteiger partial charge in [0.05, 0.1) is 7.11 Å². The Bertz CT molecular complexity index is 1350. The molecule has 2 heteroatoms. The molecule has 1 aromatic heterocycles. The molecule has 0 N–H and O–H groups in total. The van der Waals surface area contributed by atoms with Crippen LogP contribution in [0.15, 0.2) is 103 Å². The second-order valence-electron chi connectivity index (χ2n) is 8.28. The van der Waals surface area contributed by atoms with Crippen molar-refractivity contribution < 1.29 is 4.74 Å². The summed E-state index contributed by atoms with van der Waals surface area (Å²) < 4.78 is 7.90. The highest BCUT2D eigenvalue weighted by molar-refractivity contribution is 5.86. The molecule has 0 saturated carbocycles. The van der Waals surface area contributed by atoms with Crippen LogP contribution >= 0.6 is 0 Å². The molecule has 0 unspecified atom stereocenters. The molecule has 0 bridgehead atoms. The largest absolute Gasteiger partial charge is 0.497 e. The highest BCUT2D eigenvalue weighted by Gasteiger charge is 2.13. The van der Waals surface area contributed by atoms with Crippen molar-refractivity contribution >= 4 is 10.9 Å². The molecule has 5 rings (SSSR count). The van der Waals surface area contributed by atoms with Crippen molar-refractivity contribution in [3.63, 3.8) is 0 Å². The maximum absolute atomic E-state index is 5.55. The second kappa shape index (κ2) is 8.76. The predicted octanol–water partition coefficient (Wildman–Crippen LogP) is 7.26. The molecule has 0 aliphatic heterocycles. The van der Waals surface area contributed by atoms with Gasteiger partial charge in [0.25, 0.3) is 0 Å². The summed E-state index contributed by atoms with van der Waals surface area (Å²) in [5.74, 6) is 0.894. The number of fused-ring (bicyclic) bond motifs is 1. The second-order valence-corrected chi connectivity index (χ2v) is 8.28. The van der Waals surface area contributed by atoms with Gasteiger partial charge in [-0.2, -0.15) is 0 Å². The standard InChI is InChI=1S/C30H27NO/c1-22-25(14-9-15-28(22)24-12-7-4-8-13-24)18-26-21-31(20-23-10-5-3-6-11-23)30-17-16-27(32-2)19-29(26)30/h3-17,19,21H,18,20H2,1-2H3. The number of nitrogens with zero attached hydrogens (tertiary/aromatic N) is 1. The van der Waals surface area contributed by atoms with Gasteiger partial charge in [-0.3, -0.25) is 0 Å². The highest BCUT2D eigenvalue weighted by atomic mass is 16.5. The van der Waals surface area contributed by atoms with Crippen LogP contribution in [0.1, 0.15) is 22.3 Å². The van der Waals surface area contributed by atoms with Crippen LogP contribution in [0.4, 0.5) is 0 Å². The number of hydrogen-bond acceptors (Lipinski definition) is 1. The summed E-state index contributed by atoms with van der Waals surface area (Å²) in [6.07, 6.45) is 3.20. The van der Waals surface area contributed by atoms with Crippen LogP contribution in [0, 0.1) is 6.92 Å². The molecular weight excluding hydrogens is 390 g/mol. The Morgan fingerprint density at radius 3 is 2.25 bits per heavy atom. The monoisotopic (exact) mass is 417 g/mol. The van der Waals surface area contributed by atoms with Gasteiger partial charge in [-0.15, -0.1) is 0 Å². The summed E-state index contributed by atoms with van der Waals surface area (Å²) in [6, 6.07) is 34.3. The van der Waals surface area contributed by atoms with Crippen molar-refractivity contribution in [2.75, 3.05) is 7.11 Å². The Hall–Kier alpha value is -3.78. The maximum atomic E-state index is 5.55. The lowest BCUT2D eigenvalue weighted by Gasteiger charge is -2.12. The lowest BCUT2D eigenvalue weighted by molar-refractivity contribution is 0.415. The lowest BCUT2D eigenvalue weighted by Crippen LogP contribution is -1.98. The number of hydrogen-bond donors (Lipinski definition) is 0. The zero-order chi connectivity index (χ0) is 21.9. The first-order valence-electron chi connectivity index (χ1n) is 11.1. The van der Waals surface area contributed by atoms with E-state index in [-0.39, 0.29) is 0 Å². The summed E-state index contributed by atoms with van der Waals surface area (Å²) in [5.41, 5.74) is 9.12. The van der Waals surface area contributed by atoms with Gasteiger partial charge in [-0.25, -0.2) is 0 Å². The molecular formula is C30H27NO. The molecule has 0 amide bonds. The van der Waals surface area contributed by atoms with E-state index in [4.69, 9.17) is 4.74 Å². The van der Waals surface area contributed by atoms with Crippen LogP contribution in [0.5, 0.6) is 5.75 Å². The van der Waals surface area contributed by atoms with Crippen LogP contribution in [0.25, 0.3) is 22.0 Å². The topological polar surface area (TPSA) is 14.2 Å². The summed E-state index contributed by atoms with van der Waals surface area (Å²) in [5, 5.41) is 1.25. The van der Waals surface area contributed by atoms with Crippen molar-refractivity contribution in [2.24, 2.45) is 0 Å². The average molecular weight is 418 g/mol. The van der Waals surface area contributed by atoms with Crippen molar-refractivity contribution in [2.45, 2.75) is 19.9 Å². The summed E-state index contributed by atoms with van der Waals surface area (Å²) in [7, 11) is 1.73. The van der Waals surface area contributed by atoms with E-state index in [2.05, 4.69) is 115 Å². The molecule has 5 aromatic rings. The van der Waals surface area contributed by atoms with Crippen LogP contribution in [0.3, 0.4) is 0 Å². The van der Waals surface area contributed by atoms with Crippen molar-refractivity contribution in [3.05, 3.63) is 126 Å². The molecule has 0 atom stereocenters. The van der Waals surface area contributed by atoms with Crippen molar-refractivity contribution in [3.8, 4) is 16.9 Å². The third-order valence-electron chi connectivity index (χ3n) is 6.28. The van der Waals surface area contributed by atoms with Gasteiger partial charge in [0.15, 0.2) is 0 Å². The molecule has 0 saturated heterocycles. The van der Waals surface area contributed by atoms with Gasteiger partial charge in [-0.05, 0) is 64.9 Å². The van der Waals surface area contributed by atoms with Gasteiger partial charge >= 0.3 is 0 Å². The van der Waals surface area contributed by atoms with E-state index >= 15 is 0 Å². The maximum Gasteiger partial charge on any atom is 0.119 e. The predicted molar refractivity (Wildman–Crippen MR) is 133 cm³/mol. The molecule has 0 aliphatic carbocycles. The highest BCUT2D eigenvalue weighted by Crippen LogP contribution is 2.31. The molecule has 0 radical (unpaired) electrons. The molecule has 0 spiro atoms. The normalized spacial score (nSPS) is 11.1.